The van der Waals surface area contributed by atoms with Crippen LogP contribution in [0, 0.1) is 0 Å². The zero-order valence-corrected chi connectivity index (χ0v) is 12.3. The summed E-state index contributed by atoms with van der Waals surface area (Å²) in [5.74, 6) is 0.773. The minimum absolute atomic E-state index is 0.254. The number of hydrogen-bond acceptors (Lipinski definition) is 4. The lowest BCUT2D eigenvalue weighted by Gasteiger charge is -2.17. The second-order valence-electron chi connectivity index (χ2n) is 4.43. The molecule has 1 unspecified atom stereocenters. The standard InChI is InChI=1S/C15H16ClNO4/c1-10(15(19)17-8-11-4-3-7-20-11)21-14-6-2-5-13(16)12(14)9-18/h2-7,10,18H,8-9H2,1H3,(H,17,19). The van der Waals surface area contributed by atoms with Crippen LogP contribution in [-0.2, 0) is 17.9 Å². The van der Waals surface area contributed by atoms with Gasteiger partial charge in [-0.1, -0.05) is 17.7 Å². The van der Waals surface area contributed by atoms with Gasteiger partial charge in [-0.2, -0.15) is 0 Å². The van der Waals surface area contributed by atoms with E-state index in [1.54, 1.807) is 43.5 Å². The summed E-state index contributed by atoms with van der Waals surface area (Å²) < 4.78 is 10.7. The second kappa shape index (κ2) is 7.15. The molecular weight excluding hydrogens is 294 g/mol. The largest absolute Gasteiger partial charge is 0.480 e. The monoisotopic (exact) mass is 309 g/mol. The molecule has 1 atom stereocenters. The molecule has 1 heterocycles. The van der Waals surface area contributed by atoms with Crippen LogP contribution >= 0.6 is 11.6 Å². The van der Waals surface area contributed by atoms with E-state index < -0.39 is 6.10 Å². The fourth-order valence-corrected chi connectivity index (χ4v) is 2.00. The first kappa shape index (κ1) is 15.4. The molecule has 2 N–H and O–H groups in total. The maximum Gasteiger partial charge on any atom is 0.261 e. The van der Waals surface area contributed by atoms with Crippen molar-refractivity contribution in [1.82, 2.24) is 5.32 Å². The maximum absolute atomic E-state index is 12.0. The number of benzene rings is 1. The maximum atomic E-state index is 12.0. The van der Waals surface area contributed by atoms with Crippen LogP contribution in [0.2, 0.25) is 5.02 Å². The van der Waals surface area contributed by atoms with Gasteiger partial charge >= 0.3 is 0 Å². The van der Waals surface area contributed by atoms with Gasteiger partial charge in [-0.15, -0.1) is 0 Å². The van der Waals surface area contributed by atoms with Crippen molar-refractivity contribution in [1.29, 1.82) is 0 Å². The van der Waals surface area contributed by atoms with Crippen molar-refractivity contribution in [2.75, 3.05) is 0 Å². The number of aliphatic hydroxyl groups is 1. The summed E-state index contributed by atoms with van der Waals surface area (Å²) in [4.78, 5) is 12.0. The highest BCUT2D eigenvalue weighted by Gasteiger charge is 2.17. The Morgan fingerprint density at radius 1 is 1.43 bits per heavy atom. The molecular formula is C15H16ClNO4. The van der Waals surface area contributed by atoms with Crippen LogP contribution in [0.15, 0.2) is 41.0 Å². The predicted octanol–water partition coefficient (Wildman–Crippen LogP) is 2.51. The minimum atomic E-state index is -0.719. The molecule has 0 fully saturated rings. The van der Waals surface area contributed by atoms with E-state index in [0.717, 1.165) is 0 Å². The topological polar surface area (TPSA) is 71.7 Å². The summed E-state index contributed by atoms with van der Waals surface area (Å²) in [7, 11) is 0. The van der Waals surface area contributed by atoms with Gasteiger partial charge in [0.15, 0.2) is 6.10 Å². The van der Waals surface area contributed by atoms with Crippen LogP contribution < -0.4 is 10.1 Å². The highest BCUT2D eigenvalue weighted by atomic mass is 35.5. The summed E-state index contributed by atoms with van der Waals surface area (Å²) in [6, 6.07) is 8.53. The smallest absolute Gasteiger partial charge is 0.261 e. The minimum Gasteiger partial charge on any atom is -0.480 e. The van der Waals surface area contributed by atoms with Crippen LogP contribution in [0.5, 0.6) is 5.75 Å². The molecule has 2 aromatic rings. The van der Waals surface area contributed by atoms with E-state index in [1.165, 1.54) is 0 Å². The first-order valence-electron chi connectivity index (χ1n) is 6.47. The average Bonchev–Trinajstić information content (AvgIpc) is 2.98. The lowest BCUT2D eigenvalue weighted by Crippen LogP contribution is -2.36. The molecule has 1 aromatic heterocycles. The van der Waals surface area contributed by atoms with Gasteiger partial charge in [-0.25, -0.2) is 0 Å². The molecule has 0 aliphatic heterocycles. The van der Waals surface area contributed by atoms with Crippen molar-refractivity contribution in [3.63, 3.8) is 0 Å². The van der Waals surface area contributed by atoms with E-state index >= 15 is 0 Å². The summed E-state index contributed by atoms with van der Waals surface area (Å²) >= 11 is 5.97. The molecule has 0 saturated heterocycles. The predicted molar refractivity (Wildman–Crippen MR) is 78.0 cm³/mol. The summed E-state index contributed by atoms with van der Waals surface area (Å²) in [5, 5.41) is 12.4. The van der Waals surface area contributed by atoms with Crippen molar-refractivity contribution in [2.45, 2.75) is 26.2 Å². The van der Waals surface area contributed by atoms with Gasteiger partial charge < -0.3 is 19.6 Å². The Hall–Kier alpha value is -1.98. The van der Waals surface area contributed by atoms with Gasteiger partial charge in [0, 0.05) is 10.6 Å². The van der Waals surface area contributed by atoms with Gasteiger partial charge in [0.1, 0.15) is 11.5 Å². The van der Waals surface area contributed by atoms with Crippen molar-refractivity contribution >= 4 is 17.5 Å². The van der Waals surface area contributed by atoms with E-state index in [4.69, 9.17) is 20.8 Å². The molecule has 21 heavy (non-hydrogen) atoms. The SMILES string of the molecule is CC(Oc1cccc(Cl)c1CO)C(=O)NCc1ccco1. The molecule has 0 aliphatic carbocycles. The first-order valence-corrected chi connectivity index (χ1v) is 6.84. The number of nitrogens with one attached hydrogen (secondary N) is 1. The van der Waals surface area contributed by atoms with Crippen molar-refractivity contribution < 1.29 is 19.1 Å². The Bertz CT molecular complexity index is 598. The Morgan fingerprint density at radius 3 is 2.90 bits per heavy atom. The van der Waals surface area contributed by atoms with Crippen LogP contribution in [0.4, 0.5) is 0 Å². The molecule has 0 spiro atoms. The van der Waals surface area contributed by atoms with Crippen LogP contribution in [-0.4, -0.2) is 17.1 Å². The highest BCUT2D eigenvalue weighted by Crippen LogP contribution is 2.27. The second-order valence-corrected chi connectivity index (χ2v) is 4.84. The summed E-state index contributed by atoms with van der Waals surface area (Å²) in [6.07, 6.45) is 0.824. The fourth-order valence-electron chi connectivity index (χ4n) is 1.78. The summed E-state index contributed by atoms with van der Waals surface area (Å²) in [5.41, 5.74) is 0.463. The highest BCUT2D eigenvalue weighted by molar-refractivity contribution is 6.31. The normalized spacial score (nSPS) is 12.0. The van der Waals surface area contributed by atoms with Crippen molar-refractivity contribution in [2.24, 2.45) is 0 Å². The quantitative estimate of drug-likeness (QED) is 0.860. The number of furan rings is 1. The van der Waals surface area contributed by atoms with E-state index in [9.17, 15) is 9.90 Å². The molecule has 1 aromatic carbocycles. The molecule has 6 heteroatoms. The Balaban J connectivity index is 1.96. The Morgan fingerprint density at radius 2 is 2.24 bits per heavy atom. The fraction of sp³-hybridized carbons (Fsp3) is 0.267. The van der Waals surface area contributed by atoms with Crippen molar-refractivity contribution in [3.05, 3.63) is 52.9 Å². The summed E-state index contributed by atoms with van der Waals surface area (Å²) in [6.45, 7) is 1.66. The van der Waals surface area contributed by atoms with Gasteiger partial charge in [-0.3, -0.25) is 4.79 Å². The number of carbonyl (C=O) groups is 1. The number of carbonyl (C=O) groups excluding carboxylic acids is 1. The van der Waals surface area contributed by atoms with Gasteiger partial charge in [-0.05, 0) is 31.2 Å². The lowest BCUT2D eigenvalue weighted by atomic mass is 10.2. The molecule has 5 nitrogen and oxygen atoms in total. The Kier molecular flexibility index (Phi) is 5.25. The van der Waals surface area contributed by atoms with Gasteiger partial charge in [0.2, 0.25) is 0 Å². The lowest BCUT2D eigenvalue weighted by molar-refractivity contribution is -0.127. The van der Waals surface area contributed by atoms with E-state index in [-0.39, 0.29) is 12.5 Å². The zero-order chi connectivity index (χ0) is 15.2. The first-order chi connectivity index (χ1) is 10.1. The van der Waals surface area contributed by atoms with Crippen LogP contribution in [0.25, 0.3) is 0 Å². The van der Waals surface area contributed by atoms with Crippen molar-refractivity contribution in [3.8, 4) is 5.75 Å². The average molecular weight is 310 g/mol. The number of aliphatic hydroxyl groups excluding tert-OH is 1. The molecule has 0 radical (unpaired) electrons. The third kappa shape index (κ3) is 4.00. The molecule has 1 amide bonds. The number of rotatable bonds is 6. The molecule has 112 valence electrons. The van der Waals surface area contributed by atoms with E-state index in [1.807, 2.05) is 0 Å². The number of ether oxygens (including phenoxy) is 1. The van der Waals surface area contributed by atoms with Crippen LogP contribution in [0.3, 0.4) is 0 Å². The zero-order valence-electron chi connectivity index (χ0n) is 11.5. The number of amides is 1. The van der Waals surface area contributed by atoms with Crippen LogP contribution in [0.1, 0.15) is 18.2 Å². The number of halogens is 1. The van der Waals surface area contributed by atoms with E-state index in [2.05, 4.69) is 5.32 Å². The molecule has 0 aliphatic rings. The third-order valence-corrected chi connectivity index (χ3v) is 3.28. The molecule has 2 rings (SSSR count). The van der Waals surface area contributed by atoms with E-state index in [0.29, 0.717) is 28.6 Å². The molecule has 0 saturated carbocycles. The Labute approximate surface area is 127 Å². The molecule has 0 bridgehead atoms. The van der Waals surface area contributed by atoms with Gasteiger partial charge in [0.05, 0.1) is 19.4 Å². The van der Waals surface area contributed by atoms with Gasteiger partial charge in [0.25, 0.3) is 5.91 Å². The third-order valence-electron chi connectivity index (χ3n) is 2.92. The number of hydrogen-bond donors (Lipinski definition) is 2.